The summed E-state index contributed by atoms with van der Waals surface area (Å²) in [6.07, 6.45) is 1.86. The van der Waals surface area contributed by atoms with Gasteiger partial charge >= 0.3 is 0 Å². The predicted octanol–water partition coefficient (Wildman–Crippen LogP) is 18.5. The smallest absolute Gasteiger partial charge is 0.137 e. The minimum absolute atomic E-state index is 0.101. The zero-order valence-corrected chi connectivity index (χ0v) is 41.2. The quantitative estimate of drug-likeness (QED) is 0.172. The van der Waals surface area contributed by atoms with Crippen LogP contribution in [0.5, 0.6) is 11.5 Å². The fraction of sp³-hybridized carbons (Fsp3) is 0.209. The van der Waals surface area contributed by atoms with Crippen LogP contribution in [0.3, 0.4) is 0 Å². The number of anilines is 2. The second kappa shape index (κ2) is 16.6. The maximum atomic E-state index is 9.27. The number of aryl methyl sites for hydroxylation is 1. The monoisotopic (exact) mass is 951 g/mol. The first-order valence-corrected chi connectivity index (χ1v) is 24.5. The van der Waals surface area contributed by atoms with Gasteiger partial charge < -0.3 is 14.2 Å². The largest absolute Gasteiger partial charge is 0.457 e. The van der Waals surface area contributed by atoms with Gasteiger partial charge in [-0.3, -0.25) is 4.57 Å². The van der Waals surface area contributed by atoms with E-state index in [0.717, 1.165) is 77.0 Å². The summed E-state index contributed by atoms with van der Waals surface area (Å²) in [6, 6.07) is 56.3. The van der Waals surface area contributed by atoms with Crippen molar-refractivity contribution in [1.29, 1.82) is 0 Å². The number of aromatic nitrogens is 3. The van der Waals surface area contributed by atoms with Crippen LogP contribution in [-0.4, -0.2) is 14.1 Å². The molecule has 12 rings (SSSR count). The highest BCUT2D eigenvalue weighted by Gasteiger charge is 2.28. The lowest BCUT2D eigenvalue weighted by molar-refractivity contribution is 0.483. The zero-order chi connectivity index (χ0) is 59.8. The molecule has 0 N–H and O–H groups in total. The van der Waals surface area contributed by atoms with Gasteiger partial charge in [0.2, 0.25) is 0 Å². The molecule has 5 heteroatoms. The summed E-state index contributed by atoms with van der Waals surface area (Å²) in [6.45, 7) is -1.34. The molecule has 0 spiro atoms. The number of nitrogens with zero attached hydrogens (tertiary/aromatic N) is 4. The fourth-order valence-corrected chi connectivity index (χ4v) is 10.8. The van der Waals surface area contributed by atoms with E-state index in [9.17, 15) is 4.11 Å². The van der Waals surface area contributed by atoms with Crippen molar-refractivity contribution < 1.29 is 21.2 Å². The number of para-hydroxylation sites is 2. The van der Waals surface area contributed by atoms with E-state index in [1.54, 1.807) is 12.1 Å². The van der Waals surface area contributed by atoms with Crippen molar-refractivity contribution in [3.8, 4) is 28.4 Å². The van der Waals surface area contributed by atoms with E-state index in [4.69, 9.17) is 22.1 Å². The summed E-state index contributed by atoms with van der Waals surface area (Å²) in [7, 11) is 0. The Morgan fingerprint density at radius 3 is 1.78 bits per heavy atom. The Bertz CT molecular complexity index is 4510. The van der Waals surface area contributed by atoms with E-state index < -0.39 is 43.8 Å². The van der Waals surface area contributed by atoms with Crippen molar-refractivity contribution in [3.63, 3.8) is 0 Å². The molecule has 0 atom stereocenters. The van der Waals surface area contributed by atoms with E-state index in [0.29, 0.717) is 28.0 Å². The van der Waals surface area contributed by atoms with Gasteiger partial charge in [-0.15, -0.1) is 0 Å². The minimum Gasteiger partial charge on any atom is -0.457 e. The van der Waals surface area contributed by atoms with Crippen LogP contribution in [0.4, 0.5) is 11.4 Å². The van der Waals surface area contributed by atoms with Gasteiger partial charge in [0.1, 0.15) is 24.0 Å². The summed E-state index contributed by atoms with van der Waals surface area (Å²) in [5, 5.41) is 7.08. The van der Waals surface area contributed by atoms with Crippen molar-refractivity contribution in [2.24, 2.45) is 0 Å². The molecule has 8 aromatic carbocycles. The molecule has 0 amide bonds. The minimum atomic E-state index is -3.59. The lowest BCUT2D eigenvalue weighted by Gasteiger charge is -2.27. The Kier molecular flexibility index (Phi) is 7.76. The van der Waals surface area contributed by atoms with E-state index in [-0.39, 0.29) is 28.8 Å². The second-order valence-electron chi connectivity index (χ2n) is 21.2. The van der Waals surface area contributed by atoms with E-state index in [2.05, 4.69) is 83.3 Å². The molecule has 1 aliphatic heterocycles. The summed E-state index contributed by atoms with van der Waals surface area (Å²) < 4.78 is 119. The van der Waals surface area contributed by atoms with Crippen LogP contribution >= 0.6 is 0 Å². The summed E-state index contributed by atoms with van der Waals surface area (Å²) in [5.74, 6) is 1.95. The molecule has 0 radical (unpaired) electrons. The molecular formula is C67H62N4O. The van der Waals surface area contributed by atoms with Crippen molar-refractivity contribution >= 4 is 76.5 Å². The topological polar surface area (TPSA) is 35.2 Å². The molecule has 4 heterocycles. The SMILES string of the molecule is [2H]C([2H])([2H])c1ccc2c3ccccc3c3ccccc3c3cccc4c3n(c2c1-c1cc(C(C)(C)C)cc(C(C([2H])([2H])[2H])(C([2H])([2H])[2H])C([2H])([2H])[2H])c1)CN4c1cccc(Oc2ccc3c4ccccc4n(-c4cc(C(C)(C)C)ccn4)c3c2)c1. The van der Waals surface area contributed by atoms with Crippen molar-refractivity contribution in [2.75, 3.05) is 4.90 Å². The number of hydrogen-bond acceptors (Lipinski definition) is 3. The zero-order valence-electron chi connectivity index (χ0n) is 53.2. The van der Waals surface area contributed by atoms with Crippen LogP contribution in [0.25, 0.3) is 82.1 Å². The molecule has 0 unspecified atom stereocenters. The third-order valence-corrected chi connectivity index (χ3v) is 14.4. The Labute approximate surface area is 440 Å². The second-order valence-corrected chi connectivity index (χ2v) is 21.2. The molecule has 3 aromatic heterocycles. The van der Waals surface area contributed by atoms with Crippen LogP contribution in [0.2, 0.25) is 0 Å². The third kappa shape index (κ3) is 7.56. The molecule has 356 valence electrons. The average molecular weight is 951 g/mol. The van der Waals surface area contributed by atoms with Crippen LogP contribution < -0.4 is 9.64 Å². The van der Waals surface area contributed by atoms with Gasteiger partial charge in [0.25, 0.3) is 0 Å². The van der Waals surface area contributed by atoms with Gasteiger partial charge in [0, 0.05) is 67.6 Å². The Morgan fingerprint density at radius 1 is 0.486 bits per heavy atom. The molecule has 0 bridgehead atoms. The first-order valence-electron chi connectivity index (χ1n) is 30.5. The standard InChI is InChI=1S/C67H62N4O/c1-42-29-31-57-53-24-14-12-22-51(53)50-21-11-13-23-52(50)56-26-18-28-59-63(56)70(64(57)62(42)43-35-45(66(5,6)7)37-46(36-43)67(8,9)10)41-69(59)47-19-17-20-48(39-47)72-49-30-32-55-54-25-15-16-27-58(54)71(60(55)40-49)61-38-44(33-34-68-61)65(2,3)4/h11-40H,41H2,1-10H3/i1D3,5D3,6D3,7D3. The third-order valence-electron chi connectivity index (χ3n) is 14.4. The molecule has 0 saturated carbocycles. The van der Waals surface area contributed by atoms with Gasteiger partial charge in [-0.1, -0.05) is 177 Å². The predicted molar refractivity (Wildman–Crippen MR) is 306 cm³/mol. The van der Waals surface area contributed by atoms with Crippen LogP contribution in [-0.2, 0) is 22.9 Å². The molecular weight excluding hydrogens is 877 g/mol. The molecule has 0 aliphatic carbocycles. The Balaban J connectivity index is 1.13. The summed E-state index contributed by atoms with van der Waals surface area (Å²) in [4.78, 5) is 7.02. The first-order chi connectivity index (χ1) is 39.5. The molecule has 1 aliphatic rings. The normalized spacial score (nSPS) is 16.2. The molecule has 5 nitrogen and oxygen atoms in total. The molecule has 72 heavy (non-hydrogen) atoms. The van der Waals surface area contributed by atoms with Gasteiger partial charge in [-0.25, -0.2) is 4.98 Å². The number of ether oxygens (including phenoxy) is 1. The van der Waals surface area contributed by atoms with Crippen LogP contribution in [0.1, 0.15) is 101 Å². The average Bonchev–Trinajstić information content (AvgIpc) is 1.01. The lowest BCUT2D eigenvalue weighted by Crippen LogP contribution is -2.17. The Hall–Kier alpha value is -7.89. The maximum absolute atomic E-state index is 9.27. The van der Waals surface area contributed by atoms with Crippen LogP contribution in [0, 0.1) is 6.85 Å². The van der Waals surface area contributed by atoms with E-state index in [1.807, 2.05) is 130 Å². The van der Waals surface area contributed by atoms with Gasteiger partial charge in [-0.2, -0.15) is 0 Å². The lowest BCUT2D eigenvalue weighted by atomic mass is 9.78. The van der Waals surface area contributed by atoms with E-state index >= 15 is 0 Å². The number of fused-ring (bicyclic) bond motifs is 10. The van der Waals surface area contributed by atoms with Gasteiger partial charge in [0.15, 0.2) is 0 Å². The van der Waals surface area contributed by atoms with Crippen LogP contribution in [0.15, 0.2) is 182 Å². The van der Waals surface area contributed by atoms with Crippen molar-refractivity contribution in [3.05, 3.63) is 204 Å². The first kappa shape index (κ1) is 33.7. The molecule has 11 aromatic rings. The van der Waals surface area contributed by atoms with Crippen molar-refractivity contribution in [1.82, 2.24) is 14.1 Å². The Morgan fingerprint density at radius 2 is 1.08 bits per heavy atom. The highest BCUT2D eigenvalue weighted by molar-refractivity contribution is 6.22. The van der Waals surface area contributed by atoms with Gasteiger partial charge in [0.05, 0.1) is 27.8 Å². The molecule has 0 fully saturated rings. The summed E-state index contributed by atoms with van der Waals surface area (Å²) in [5.41, 5.74) is 1.65. The van der Waals surface area contributed by atoms with Crippen molar-refractivity contribution in [2.45, 2.75) is 91.9 Å². The number of rotatable bonds is 5. The maximum Gasteiger partial charge on any atom is 0.137 e. The highest BCUT2D eigenvalue weighted by Crippen LogP contribution is 2.47. The number of pyridine rings is 1. The number of benzene rings is 8. The fourth-order valence-electron chi connectivity index (χ4n) is 10.8. The molecule has 0 saturated heterocycles. The summed E-state index contributed by atoms with van der Waals surface area (Å²) >= 11 is 0. The van der Waals surface area contributed by atoms with E-state index in [1.165, 1.54) is 12.1 Å². The highest BCUT2D eigenvalue weighted by atomic mass is 16.5. The number of hydrogen-bond donors (Lipinski definition) is 0. The van der Waals surface area contributed by atoms with Gasteiger partial charge in [-0.05, 0) is 121 Å².